The molecule has 6 heteroatoms. The Labute approximate surface area is 86.4 Å². The van der Waals surface area contributed by atoms with Gasteiger partial charge < -0.3 is 4.57 Å². The molecular formula is C8H11N5S. The van der Waals surface area contributed by atoms with Crippen molar-refractivity contribution < 1.29 is 0 Å². The van der Waals surface area contributed by atoms with Gasteiger partial charge in [-0.15, -0.1) is 0 Å². The van der Waals surface area contributed by atoms with Gasteiger partial charge in [-0.05, 0) is 25.2 Å². The van der Waals surface area contributed by atoms with Crippen LogP contribution in [0, 0.1) is 4.77 Å². The van der Waals surface area contributed by atoms with Crippen LogP contribution in [0.4, 0.5) is 0 Å². The minimum atomic E-state index is 0.0861. The Morgan fingerprint density at radius 2 is 2.36 bits per heavy atom. The van der Waals surface area contributed by atoms with Crippen molar-refractivity contribution in [2.75, 3.05) is 0 Å². The number of aromatic amines is 1. The molecule has 1 N–H and O–H groups in total. The van der Waals surface area contributed by atoms with Crippen molar-refractivity contribution in [1.29, 1.82) is 0 Å². The van der Waals surface area contributed by atoms with E-state index in [9.17, 15) is 0 Å². The monoisotopic (exact) mass is 209 g/mol. The van der Waals surface area contributed by atoms with Crippen LogP contribution in [0.5, 0.6) is 0 Å². The van der Waals surface area contributed by atoms with Crippen LogP contribution in [0.3, 0.4) is 0 Å². The summed E-state index contributed by atoms with van der Waals surface area (Å²) in [5, 5.41) is 11.1. The number of nitrogens with one attached hydrogen (secondary N) is 1. The van der Waals surface area contributed by atoms with E-state index >= 15 is 0 Å². The summed E-state index contributed by atoms with van der Waals surface area (Å²) in [4.78, 5) is 0. The Kier molecular flexibility index (Phi) is 2.20. The maximum atomic E-state index is 5.04. The number of rotatable bonds is 2. The largest absolute Gasteiger partial charge is 0.305 e. The third-order valence-electron chi connectivity index (χ3n) is 2.21. The average Bonchev–Trinajstić information content (AvgIpc) is 2.77. The number of hydrogen-bond acceptors (Lipinski definition) is 3. The number of hydrogen-bond donors (Lipinski definition) is 1. The first-order chi connectivity index (χ1) is 6.70. The van der Waals surface area contributed by atoms with Gasteiger partial charge in [-0.3, -0.25) is 9.78 Å². The van der Waals surface area contributed by atoms with Gasteiger partial charge in [0.15, 0.2) is 10.6 Å². The molecule has 0 aliphatic heterocycles. The van der Waals surface area contributed by atoms with Crippen molar-refractivity contribution in [2.45, 2.75) is 13.0 Å². The highest BCUT2D eigenvalue weighted by molar-refractivity contribution is 7.71. The van der Waals surface area contributed by atoms with Crippen LogP contribution < -0.4 is 0 Å². The van der Waals surface area contributed by atoms with Crippen LogP contribution in [-0.4, -0.2) is 24.5 Å². The second kappa shape index (κ2) is 3.38. The maximum Gasteiger partial charge on any atom is 0.194 e. The Morgan fingerprint density at radius 1 is 1.57 bits per heavy atom. The fraction of sp³-hybridized carbons (Fsp3) is 0.375. The zero-order valence-corrected chi connectivity index (χ0v) is 8.82. The summed E-state index contributed by atoms with van der Waals surface area (Å²) in [7, 11) is 1.89. The van der Waals surface area contributed by atoms with E-state index in [-0.39, 0.29) is 6.04 Å². The van der Waals surface area contributed by atoms with Crippen molar-refractivity contribution in [3.8, 4) is 0 Å². The minimum Gasteiger partial charge on any atom is -0.305 e. The molecule has 2 rings (SSSR count). The highest BCUT2D eigenvalue weighted by Crippen LogP contribution is 2.12. The van der Waals surface area contributed by atoms with Gasteiger partial charge in [0.1, 0.15) is 6.04 Å². The van der Waals surface area contributed by atoms with Crippen LogP contribution in [0.15, 0.2) is 18.5 Å². The van der Waals surface area contributed by atoms with E-state index in [1.165, 1.54) is 0 Å². The highest BCUT2D eigenvalue weighted by Gasteiger charge is 2.13. The molecule has 0 saturated carbocycles. The van der Waals surface area contributed by atoms with Gasteiger partial charge in [0.05, 0.1) is 0 Å². The predicted molar refractivity (Wildman–Crippen MR) is 54.4 cm³/mol. The minimum absolute atomic E-state index is 0.0861. The first-order valence-corrected chi connectivity index (χ1v) is 4.71. The van der Waals surface area contributed by atoms with Crippen molar-refractivity contribution >= 4 is 12.2 Å². The molecule has 0 aliphatic rings. The molecule has 2 heterocycles. The van der Waals surface area contributed by atoms with Gasteiger partial charge in [-0.2, -0.15) is 10.2 Å². The lowest BCUT2D eigenvalue weighted by Crippen LogP contribution is -2.12. The first-order valence-electron chi connectivity index (χ1n) is 4.30. The molecule has 0 spiro atoms. The van der Waals surface area contributed by atoms with E-state index < -0.39 is 0 Å². The summed E-state index contributed by atoms with van der Waals surface area (Å²) in [6.07, 6.45) is 3.65. The summed E-state index contributed by atoms with van der Waals surface area (Å²) >= 11 is 5.04. The summed E-state index contributed by atoms with van der Waals surface area (Å²) in [5.41, 5.74) is 0. The average molecular weight is 209 g/mol. The van der Waals surface area contributed by atoms with Crippen LogP contribution >= 0.6 is 12.2 Å². The molecule has 0 aromatic carbocycles. The Balaban J connectivity index is 2.41. The van der Waals surface area contributed by atoms with Gasteiger partial charge in [0.25, 0.3) is 0 Å². The second-order valence-corrected chi connectivity index (χ2v) is 3.49. The topological polar surface area (TPSA) is 51.4 Å². The van der Waals surface area contributed by atoms with E-state index in [0.29, 0.717) is 4.77 Å². The Morgan fingerprint density at radius 3 is 2.86 bits per heavy atom. The van der Waals surface area contributed by atoms with E-state index in [1.54, 1.807) is 6.20 Å². The lowest BCUT2D eigenvalue weighted by molar-refractivity contribution is 0.518. The zero-order valence-electron chi connectivity index (χ0n) is 8.01. The molecular weight excluding hydrogens is 198 g/mol. The van der Waals surface area contributed by atoms with Crippen molar-refractivity contribution in [3.05, 3.63) is 29.1 Å². The van der Waals surface area contributed by atoms with Crippen LogP contribution in [0.2, 0.25) is 0 Å². The smallest absolute Gasteiger partial charge is 0.194 e. The van der Waals surface area contributed by atoms with E-state index in [0.717, 1.165) is 5.82 Å². The molecule has 0 radical (unpaired) electrons. The van der Waals surface area contributed by atoms with Gasteiger partial charge in [0.2, 0.25) is 0 Å². The summed E-state index contributed by atoms with van der Waals surface area (Å²) in [6, 6.07) is 1.97. The third kappa shape index (κ3) is 1.37. The van der Waals surface area contributed by atoms with E-state index in [1.807, 2.05) is 35.5 Å². The highest BCUT2D eigenvalue weighted by atomic mass is 32.1. The van der Waals surface area contributed by atoms with Crippen LogP contribution in [-0.2, 0) is 7.05 Å². The number of nitrogens with zero attached hydrogens (tertiary/aromatic N) is 4. The second-order valence-electron chi connectivity index (χ2n) is 3.11. The molecule has 0 fully saturated rings. The Bertz CT molecular complexity index is 466. The van der Waals surface area contributed by atoms with Gasteiger partial charge in [0, 0.05) is 19.4 Å². The first kappa shape index (κ1) is 9.14. The molecule has 14 heavy (non-hydrogen) atoms. The molecule has 0 amide bonds. The summed E-state index contributed by atoms with van der Waals surface area (Å²) in [5.74, 6) is 0.874. The molecule has 0 saturated heterocycles. The zero-order chi connectivity index (χ0) is 10.1. The molecule has 2 aromatic rings. The van der Waals surface area contributed by atoms with Crippen molar-refractivity contribution in [1.82, 2.24) is 24.5 Å². The quantitative estimate of drug-likeness (QED) is 0.758. The lowest BCUT2D eigenvalue weighted by Gasteiger charge is -2.10. The van der Waals surface area contributed by atoms with Crippen molar-refractivity contribution in [2.24, 2.45) is 7.05 Å². The predicted octanol–water partition coefficient (Wildman–Crippen LogP) is 1.28. The van der Waals surface area contributed by atoms with E-state index in [2.05, 4.69) is 15.3 Å². The Hall–Kier alpha value is -1.43. The molecule has 0 bridgehead atoms. The van der Waals surface area contributed by atoms with E-state index in [4.69, 9.17) is 12.2 Å². The SMILES string of the molecule is CC(c1n[nH]c(=S)n1C)n1cccn1. The van der Waals surface area contributed by atoms with Gasteiger partial charge in [-0.1, -0.05) is 0 Å². The lowest BCUT2D eigenvalue weighted by atomic mass is 10.3. The fourth-order valence-corrected chi connectivity index (χ4v) is 1.50. The number of aromatic nitrogens is 5. The van der Waals surface area contributed by atoms with Crippen LogP contribution in [0.25, 0.3) is 0 Å². The third-order valence-corrected chi connectivity index (χ3v) is 2.57. The molecule has 1 atom stereocenters. The standard InChI is InChI=1S/C8H11N5S/c1-6(13-5-3-4-9-13)7-10-11-8(14)12(7)2/h3-6H,1-2H3,(H,11,14). The molecule has 74 valence electrons. The maximum absolute atomic E-state index is 5.04. The molecule has 0 aliphatic carbocycles. The normalized spacial score (nSPS) is 13.0. The van der Waals surface area contributed by atoms with Crippen LogP contribution in [0.1, 0.15) is 18.8 Å². The summed E-state index contributed by atoms with van der Waals surface area (Å²) < 4.78 is 4.31. The fourth-order valence-electron chi connectivity index (χ4n) is 1.36. The van der Waals surface area contributed by atoms with Crippen molar-refractivity contribution in [3.63, 3.8) is 0 Å². The molecule has 5 nitrogen and oxygen atoms in total. The number of H-pyrrole nitrogens is 1. The molecule has 1 unspecified atom stereocenters. The molecule has 2 aromatic heterocycles. The summed E-state index contributed by atoms with van der Waals surface area (Å²) in [6.45, 7) is 2.03. The van der Waals surface area contributed by atoms with Gasteiger partial charge >= 0.3 is 0 Å². The van der Waals surface area contributed by atoms with Gasteiger partial charge in [-0.25, -0.2) is 0 Å².